The highest BCUT2D eigenvalue weighted by molar-refractivity contribution is 7.84. The summed E-state index contributed by atoms with van der Waals surface area (Å²) in [5.41, 5.74) is 7.78. The molecule has 0 saturated carbocycles. The largest absolute Gasteiger partial charge is 0.424 e. The molecular formula is C12H17N3O2S. The summed E-state index contributed by atoms with van der Waals surface area (Å²) in [6, 6.07) is 5.82. The lowest BCUT2D eigenvalue weighted by molar-refractivity contribution is 0.611. The second-order valence-electron chi connectivity index (χ2n) is 4.27. The van der Waals surface area contributed by atoms with Gasteiger partial charge in [0.25, 0.3) is 6.01 Å². The summed E-state index contributed by atoms with van der Waals surface area (Å²) in [4.78, 5) is 4.28. The molecule has 0 spiro atoms. The van der Waals surface area contributed by atoms with E-state index in [0.717, 1.165) is 11.9 Å². The van der Waals surface area contributed by atoms with E-state index in [4.69, 9.17) is 10.2 Å². The Kier molecular flexibility index (Phi) is 3.86. The van der Waals surface area contributed by atoms with Gasteiger partial charge < -0.3 is 15.5 Å². The third-order valence-corrected chi connectivity index (χ3v) is 4.17. The zero-order valence-corrected chi connectivity index (χ0v) is 11.3. The molecule has 3 N–H and O–H groups in total. The lowest BCUT2D eigenvalue weighted by Gasteiger charge is -2.07. The smallest absolute Gasteiger partial charge is 0.295 e. The number of aromatic nitrogens is 1. The maximum absolute atomic E-state index is 11.2. The number of anilines is 2. The summed E-state index contributed by atoms with van der Waals surface area (Å²) < 4.78 is 16.7. The van der Waals surface area contributed by atoms with Gasteiger partial charge in [-0.05, 0) is 24.6 Å². The monoisotopic (exact) mass is 267 g/mol. The fourth-order valence-corrected chi connectivity index (χ4v) is 2.02. The minimum atomic E-state index is -0.794. The van der Waals surface area contributed by atoms with Gasteiger partial charge in [-0.2, -0.15) is 4.98 Å². The highest BCUT2D eigenvalue weighted by atomic mass is 32.2. The summed E-state index contributed by atoms with van der Waals surface area (Å²) in [5.74, 6) is 0. The zero-order chi connectivity index (χ0) is 13.1. The number of nitrogen functional groups attached to an aromatic ring is 1. The SMILES string of the molecule is CC(CCNc1nc2cc(N)ccc2o1)S(C)=O. The van der Waals surface area contributed by atoms with Crippen molar-refractivity contribution in [2.75, 3.05) is 23.9 Å². The highest BCUT2D eigenvalue weighted by Crippen LogP contribution is 2.20. The first-order valence-corrected chi connectivity index (χ1v) is 7.40. The van der Waals surface area contributed by atoms with Gasteiger partial charge in [0, 0.05) is 34.5 Å². The number of nitrogens with one attached hydrogen (secondary N) is 1. The van der Waals surface area contributed by atoms with Crippen LogP contribution in [0.2, 0.25) is 0 Å². The summed E-state index contributed by atoms with van der Waals surface area (Å²) in [7, 11) is -0.794. The van der Waals surface area contributed by atoms with Crippen LogP contribution in [0.3, 0.4) is 0 Å². The molecule has 0 bridgehead atoms. The molecule has 5 nitrogen and oxygen atoms in total. The van der Waals surface area contributed by atoms with E-state index in [2.05, 4.69) is 10.3 Å². The maximum Gasteiger partial charge on any atom is 0.295 e. The van der Waals surface area contributed by atoms with Crippen LogP contribution in [-0.4, -0.2) is 27.2 Å². The topological polar surface area (TPSA) is 81.2 Å². The first kappa shape index (κ1) is 12.9. The van der Waals surface area contributed by atoms with Crippen molar-refractivity contribution in [3.05, 3.63) is 18.2 Å². The number of hydrogen-bond acceptors (Lipinski definition) is 5. The van der Waals surface area contributed by atoms with Crippen molar-refractivity contribution >= 4 is 33.6 Å². The van der Waals surface area contributed by atoms with E-state index >= 15 is 0 Å². The molecule has 0 aliphatic rings. The number of benzene rings is 1. The molecule has 2 atom stereocenters. The van der Waals surface area contributed by atoms with Gasteiger partial charge in [-0.15, -0.1) is 0 Å². The van der Waals surface area contributed by atoms with Crippen LogP contribution in [0.4, 0.5) is 11.7 Å². The molecule has 98 valence electrons. The van der Waals surface area contributed by atoms with Crippen LogP contribution in [0.15, 0.2) is 22.6 Å². The van der Waals surface area contributed by atoms with Crippen molar-refractivity contribution in [3.8, 4) is 0 Å². The summed E-state index contributed by atoms with van der Waals surface area (Å²) in [6.07, 6.45) is 2.52. The Morgan fingerprint density at radius 1 is 1.56 bits per heavy atom. The van der Waals surface area contributed by atoms with Crippen molar-refractivity contribution < 1.29 is 8.63 Å². The van der Waals surface area contributed by atoms with Crippen molar-refractivity contribution in [2.45, 2.75) is 18.6 Å². The maximum atomic E-state index is 11.2. The molecule has 1 aromatic heterocycles. The molecule has 2 aromatic rings. The summed E-state index contributed by atoms with van der Waals surface area (Å²) in [6.45, 7) is 2.65. The van der Waals surface area contributed by atoms with E-state index in [1.165, 1.54) is 0 Å². The van der Waals surface area contributed by atoms with Crippen LogP contribution in [0.5, 0.6) is 0 Å². The number of hydrogen-bond donors (Lipinski definition) is 2. The molecule has 2 rings (SSSR count). The number of oxazole rings is 1. The number of nitrogens with two attached hydrogens (primary N) is 1. The van der Waals surface area contributed by atoms with Gasteiger partial charge in [-0.25, -0.2) is 0 Å². The first-order valence-electron chi connectivity index (χ1n) is 5.78. The average molecular weight is 267 g/mol. The second kappa shape index (κ2) is 5.39. The molecule has 6 heteroatoms. The van der Waals surface area contributed by atoms with Crippen molar-refractivity contribution in [2.24, 2.45) is 0 Å². The molecule has 0 saturated heterocycles. The lowest BCUT2D eigenvalue weighted by Crippen LogP contribution is -2.14. The first-order chi connectivity index (χ1) is 8.56. The van der Waals surface area contributed by atoms with Gasteiger partial charge in [-0.3, -0.25) is 4.21 Å². The Labute approximate surface area is 108 Å². The number of nitrogens with zero attached hydrogens (tertiary/aromatic N) is 1. The Morgan fingerprint density at radius 3 is 3.06 bits per heavy atom. The van der Waals surface area contributed by atoms with E-state index < -0.39 is 10.8 Å². The minimum absolute atomic E-state index is 0.164. The van der Waals surface area contributed by atoms with Crippen LogP contribution >= 0.6 is 0 Å². The Bertz CT molecular complexity index is 567. The Morgan fingerprint density at radius 2 is 2.33 bits per heavy atom. The number of fused-ring (bicyclic) bond motifs is 1. The molecule has 1 heterocycles. The van der Waals surface area contributed by atoms with Gasteiger partial charge >= 0.3 is 0 Å². The fraction of sp³-hybridized carbons (Fsp3) is 0.417. The quantitative estimate of drug-likeness (QED) is 0.810. The van der Waals surface area contributed by atoms with E-state index in [-0.39, 0.29) is 5.25 Å². The fourth-order valence-electron chi connectivity index (χ4n) is 1.57. The van der Waals surface area contributed by atoms with Crippen molar-refractivity contribution in [1.29, 1.82) is 0 Å². The summed E-state index contributed by atoms with van der Waals surface area (Å²) >= 11 is 0. The molecule has 18 heavy (non-hydrogen) atoms. The molecule has 0 aliphatic carbocycles. The van der Waals surface area contributed by atoms with Crippen LogP contribution in [-0.2, 0) is 10.8 Å². The van der Waals surface area contributed by atoms with Gasteiger partial charge in [0.1, 0.15) is 5.52 Å². The Hall–Kier alpha value is -1.56. The Balaban J connectivity index is 1.98. The van der Waals surface area contributed by atoms with Crippen molar-refractivity contribution in [1.82, 2.24) is 4.98 Å². The predicted molar refractivity (Wildman–Crippen MR) is 75.1 cm³/mol. The lowest BCUT2D eigenvalue weighted by atomic mass is 10.3. The average Bonchev–Trinajstić information content (AvgIpc) is 2.70. The molecule has 0 radical (unpaired) electrons. The number of rotatable bonds is 5. The normalized spacial score (nSPS) is 14.6. The third-order valence-electron chi connectivity index (χ3n) is 2.81. The van der Waals surface area contributed by atoms with Crippen LogP contribution < -0.4 is 11.1 Å². The van der Waals surface area contributed by atoms with Gasteiger partial charge in [0.2, 0.25) is 0 Å². The van der Waals surface area contributed by atoms with Crippen molar-refractivity contribution in [3.63, 3.8) is 0 Å². The van der Waals surface area contributed by atoms with Crippen LogP contribution in [0.25, 0.3) is 11.1 Å². The minimum Gasteiger partial charge on any atom is -0.424 e. The van der Waals surface area contributed by atoms with E-state index in [9.17, 15) is 4.21 Å². The highest BCUT2D eigenvalue weighted by Gasteiger charge is 2.08. The summed E-state index contributed by atoms with van der Waals surface area (Å²) in [5, 5.41) is 3.25. The molecule has 2 unspecified atom stereocenters. The molecule has 0 amide bonds. The molecule has 1 aromatic carbocycles. The second-order valence-corrected chi connectivity index (χ2v) is 6.07. The zero-order valence-electron chi connectivity index (χ0n) is 10.5. The molecular weight excluding hydrogens is 250 g/mol. The van der Waals surface area contributed by atoms with Crippen LogP contribution in [0, 0.1) is 0 Å². The van der Waals surface area contributed by atoms with E-state index in [1.54, 1.807) is 24.5 Å². The van der Waals surface area contributed by atoms with E-state index in [1.807, 2.05) is 6.92 Å². The van der Waals surface area contributed by atoms with Gasteiger partial charge in [0.05, 0.1) is 0 Å². The van der Waals surface area contributed by atoms with Gasteiger partial charge in [0.15, 0.2) is 5.58 Å². The van der Waals surface area contributed by atoms with E-state index in [0.29, 0.717) is 23.8 Å². The van der Waals surface area contributed by atoms with Gasteiger partial charge in [-0.1, -0.05) is 6.92 Å². The third kappa shape index (κ3) is 3.01. The molecule has 0 aliphatic heterocycles. The standard InChI is InChI=1S/C12H17N3O2S/c1-8(18(2)16)5-6-14-12-15-10-7-9(13)3-4-11(10)17-12/h3-4,7-8H,5-6,13H2,1-2H3,(H,14,15). The molecule has 0 fully saturated rings. The van der Waals surface area contributed by atoms with Crippen LogP contribution in [0.1, 0.15) is 13.3 Å². The predicted octanol–water partition coefficient (Wildman–Crippen LogP) is 1.98.